The van der Waals surface area contributed by atoms with Crippen LogP contribution in [-0.4, -0.2) is 22.1 Å². The smallest absolute Gasteiger partial charge is 0.320 e. The summed E-state index contributed by atoms with van der Waals surface area (Å²) in [5.74, 6) is -0.849. The van der Waals surface area contributed by atoms with Crippen molar-refractivity contribution in [3.63, 3.8) is 0 Å². The predicted molar refractivity (Wildman–Crippen MR) is 65.7 cm³/mol. The molecule has 0 aliphatic heterocycles. The molecule has 0 spiro atoms. The van der Waals surface area contributed by atoms with Gasteiger partial charge in [0.05, 0.1) is 0 Å². The number of aliphatic carboxylic acids is 1. The van der Waals surface area contributed by atoms with Crippen LogP contribution in [-0.2, 0) is 11.3 Å². The second-order valence-corrected chi connectivity index (χ2v) is 3.96. The van der Waals surface area contributed by atoms with E-state index in [0.29, 0.717) is 6.54 Å². The monoisotopic (exact) mass is 230 g/mol. The lowest BCUT2D eigenvalue weighted by Gasteiger charge is -2.10. The second-order valence-electron chi connectivity index (χ2n) is 3.96. The lowest BCUT2D eigenvalue weighted by atomic mass is 10.1. The van der Waals surface area contributed by atoms with Gasteiger partial charge in [-0.25, -0.2) is 0 Å². The number of hydrogen-bond donors (Lipinski definition) is 2. The number of nitrogens with one attached hydrogen (secondary N) is 1. The van der Waals surface area contributed by atoms with Crippen LogP contribution in [0, 0.1) is 0 Å². The van der Waals surface area contributed by atoms with Crippen molar-refractivity contribution < 1.29 is 9.90 Å². The number of aromatic nitrogens is 1. The Bertz CT molecular complexity index is 534. The molecule has 4 heteroatoms. The molecule has 0 saturated heterocycles. The van der Waals surface area contributed by atoms with Gasteiger partial charge in [-0.3, -0.25) is 9.78 Å². The Kier molecular flexibility index (Phi) is 3.35. The highest BCUT2D eigenvalue weighted by Gasteiger charge is 2.10. The molecule has 1 heterocycles. The van der Waals surface area contributed by atoms with Gasteiger partial charge in [-0.05, 0) is 17.9 Å². The van der Waals surface area contributed by atoms with Crippen LogP contribution in [0.2, 0.25) is 0 Å². The standard InChI is InChI=1S/C13H14N2O2/c1-9(13(16)17)15-8-11-7-14-6-10-4-2-3-5-12(10)11/h2-7,9,15H,8H2,1H3,(H,16,17). The van der Waals surface area contributed by atoms with Crippen molar-refractivity contribution in [3.8, 4) is 0 Å². The van der Waals surface area contributed by atoms with Crippen molar-refractivity contribution in [1.29, 1.82) is 0 Å². The molecule has 0 aliphatic carbocycles. The molecular formula is C13H14N2O2. The highest BCUT2D eigenvalue weighted by Crippen LogP contribution is 2.16. The van der Waals surface area contributed by atoms with Gasteiger partial charge in [0.15, 0.2) is 0 Å². The molecule has 2 aromatic rings. The summed E-state index contributed by atoms with van der Waals surface area (Å²) in [5, 5.41) is 13.9. The Balaban J connectivity index is 2.21. The average Bonchev–Trinajstić information content (AvgIpc) is 2.35. The minimum Gasteiger partial charge on any atom is -0.480 e. The maximum atomic E-state index is 10.7. The lowest BCUT2D eigenvalue weighted by Crippen LogP contribution is -2.33. The number of carbonyl (C=O) groups is 1. The van der Waals surface area contributed by atoms with Crippen LogP contribution >= 0.6 is 0 Å². The van der Waals surface area contributed by atoms with Gasteiger partial charge in [0.2, 0.25) is 0 Å². The number of carboxylic acids is 1. The molecule has 0 radical (unpaired) electrons. The summed E-state index contributed by atoms with van der Waals surface area (Å²) in [6.07, 6.45) is 3.57. The fourth-order valence-corrected chi connectivity index (χ4v) is 1.67. The maximum Gasteiger partial charge on any atom is 0.320 e. The van der Waals surface area contributed by atoms with E-state index in [4.69, 9.17) is 5.11 Å². The van der Waals surface area contributed by atoms with Crippen molar-refractivity contribution in [2.24, 2.45) is 0 Å². The van der Waals surface area contributed by atoms with Crippen molar-refractivity contribution in [3.05, 3.63) is 42.2 Å². The normalized spacial score (nSPS) is 12.5. The zero-order chi connectivity index (χ0) is 12.3. The summed E-state index contributed by atoms with van der Waals surface area (Å²) in [7, 11) is 0. The molecule has 0 bridgehead atoms. The van der Waals surface area contributed by atoms with Gasteiger partial charge in [-0.15, -0.1) is 0 Å². The fourth-order valence-electron chi connectivity index (χ4n) is 1.67. The van der Waals surface area contributed by atoms with Gasteiger partial charge in [0.1, 0.15) is 6.04 Å². The first-order valence-corrected chi connectivity index (χ1v) is 5.46. The molecule has 1 atom stereocenters. The van der Waals surface area contributed by atoms with E-state index in [-0.39, 0.29) is 0 Å². The first kappa shape index (κ1) is 11.5. The van der Waals surface area contributed by atoms with E-state index < -0.39 is 12.0 Å². The molecule has 1 aromatic heterocycles. The zero-order valence-electron chi connectivity index (χ0n) is 9.55. The molecule has 88 valence electrons. The zero-order valence-corrected chi connectivity index (χ0v) is 9.55. The Morgan fingerprint density at radius 1 is 1.41 bits per heavy atom. The molecule has 0 amide bonds. The van der Waals surface area contributed by atoms with Gasteiger partial charge < -0.3 is 10.4 Å². The number of rotatable bonds is 4. The number of nitrogens with zero attached hydrogens (tertiary/aromatic N) is 1. The molecule has 2 rings (SSSR count). The van der Waals surface area contributed by atoms with Crippen LogP contribution < -0.4 is 5.32 Å². The molecule has 2 N–H and O–H groups in total. The number of fused-ring (bicyclic) bond motifs is 1. The minimum atomic E-state index is -0.849. The van der Waals surface area contributed by atoms with Crippen molar-refractivity contribution in [2.75, 3.05) is 0 Å². The third kappa shape index (κ3) is 2.60. The number of carboxylic acid groups (broad SMARTS) is 1. The first-order valence-electron chi connectivity index (χ1n) is 5.46. The molecular weight excluding hydrogens is 216 g/mol. The summed E-state index contributed by atoms with van der Waals surface area (Å²) >= 11 is 0. The van der Waals surface area contributed by atoms with E-state index in [2.05, 4.69) is 10.3 Å². The van der Waals surface area contributed by atoms with E-state index in [0.717, 1.165) is 16.3 Å². The van der Waals surface area contributed by atoms with Crippen molar-refractivity contribution >= 4 is 16.7 Å². The second kappa shape index (κ2) is 4.93. The fraction of sp³-hybridized carbons (Fsp3) is 0.231. The van der Waals surface area contributed by atoms with E-state index in [1.165, 1.54) is 0 Å². The van der Waals surface area contributed by atoms with E-state index in [1.807, 2.05) is 24.3 Å². The summed E-state index contributed by atoms with van der Waals surface area (Å²) in [6.45, 7) is 2.13. The number of hydrogen-bond acceptors (Lipinski definition) is 3. The van der Waals surface area contributed by atoms with Crippen LogP contribution in [0.3, 0.4) is 0 Å². The molecule has 0 fully saturated rings. The van der Waals surface area contributed by atoms with Gasteiger partial charge >= 0.3 is 5.97 Å². The highest BCUT2D eigenvalue weighted by atomic mass is 16.4. The van der Waals surface area contributed by atoms with Crippen molar-refractivity contribution in [1.82, 2.24) is 10.3 Å². The molecule has 0 aliphatic rings. The summed E-state index contributed by atoms with van der Waals surface area (Å²) < 4.78 is 0. The molecule has 0 saturated carbocycles. The van der Waals surface area contributed by atoms with E-state index in [9.17, 15) is 4.79 Å². The van der Waals surface area contributed by atoms with Gasteiger partial charge in [0, 0.05) is 24.3 Å². The summed E-state index contributed by atoms with van der Waals surface area (Å²) in [5.41, 5.74) is 1.01. The van der Waals surface area contributed by atoms with Crippen LogP contribution in [0.1, 0.15) is 12.5 Å². The maximum absolute atomic E-state index is 10.7. The van der Waals surface area contributed by atoms with Gasteiger partial charge in [-0.2, -0.15) is 0 Å². The molecule has 17 heavy (non-hydrogen) atoms. The number of pyridine rings is 1. The lowest BCUT2D eigenvalue weighted by molar-refractivity contribution is -0.139. The van der Waals surface area contributed by atoms with Gasteiger partial charge in [-0.1, -0.05) is 24.3 Å². The summed E-state index contributed by atoms with van der Waals surface area (Å²) in [6, 6.07) is 7.37. The average molecular weight is 230 g/mol. The van der Waals surface area contributed by atoms with E-state index in [1.54, 1.807) is 19.3 Å². The Hall–Kier alpha value is -1.94. The number of benzene rings is 1. The van der Waals surface area contributed by atoms with Crippen LogP contribution in [0.25, 0.3) is 10.8 Å². The topological polar surface area (TPSA) is 62.2 Å². The quantitative estimate of drug-likeness (QED) is 0.840. The molecule has 1 aromatic carbocycles. The minimum absolute atomic E-state index is 0.502. The van der Waals surface area contributed by atoms with Crippen LogP contribution in [0.15, 0.2) is 36.7 Å². The highest BCUT2D eigenvalue weighted by molar-refractivity contribution is 5.84. The van der Waals surface area contributed by atoms with E-state index >= 15 is 0 Å². The third-order valence-corrected chi connectivity index (χ3v) is 2.72. The SMILES string of the molecule is CC(NCc1cncc2ccccc12)C(=O)O. The van der Waals surface area contributed by atoms with Crippen molar-refractivity contribution in [2.45, 2.75) is 19.5 Å². The first-order chi connectivity index (χ1) is 8.18. The molecule has 4 nitrogen and oxygen atoms in total. The largest absolute Gasteiger partial charge is 0.480 e. The van der Waals surface area contributed by atoms with Crippen LogP contribution in [0.5, 0.6) is 0 Å². The Morgan fingerprint density at radius 3 is 2.94 bits per heavy atom. The molecule has 1 unspecified atom stereocenters. The third-order valence-electron chi connectivity index (χ3n) is 2.72. The Morgan fingerprint density at radius 2 is 2.18 bits per heavy atom. The summed E-state index contributed by atoms with van der Waals surface area (Å²) in [4.78, 5) is 14.9. The van der Waals surface area contributed by atoms with Crippen LogP contribution in [0.4, 0.5) is 0 Å². The Labute approximate surface area is 99.3 Å². The predicted octanol–water partition coefficient (Wildman–Crippen LogP) is 1.80. The van der Waals surface area contributed by atoms with Gasteiger partial charge in [0.25, 0.3) is 0 Å².